The quantitative estimate of drug-likeness (QED) is 0.364. The lowest BCUT2D eigenvalue weighted by Crippen LogP contribution is -2.33. The summed E-state index contributed by atoms with van der Waals surface area (Å²) in [6.45, 7) is -0.360. The summed E-state index contributed by atoms with van der Waals surface area (Å²) in [6, 6.07) is 3.83. The first-order valence-electron chi connectivity index (χ1n) is 4.53. The van der Waals surface area contributed by atoms with Crippen LogP contribution in [0.5, 0.6) is 0 Å². The molecule has 0 aromatic heterocycles. The van der Waals surface area contributed by atoms with Crippen LogP contribution < -0.4 is 16.8 Å². The molecule has 0 heterocycles. The van der Waals surface area contributed by atoms with Gasteiger partial charge in [0.05, 0.1) is 17.0 Å². The van der Waals surface area contributed by atoms with Crippen LogP contribution in [0.4, 0.5) is 11.4 Å². The summed E-state index contributed by atoms with van der Waals surface area (Å²) in [7, 11) is 0. The van der Waals surface area contributed by atoms with Crippen molar-refractivity contribution in [2.45, 2.75) is 0 Å². The number of amides is 2. The molecule has 1 aromatic carbocycles. The maximum absolute atomic E-state index is 11.5. The topological polar surface area (TPSA) is 141 Å². The summed E-state index contributed by atoms with van der Waals surface area (Å²) < 4.78 is 0. The summed E-state index contributed by atoms with van der Waals surface area (Å²) in [5, 5.41) is 12.8. The molecule has 0 unspecified atom stereocenters. The number of nitrogens with two attached hydrogens (primary N) is 2. The van der Waals surface area contributed by atoms with Crippen LogP contribution in [0.2, 0.25) is 0 Å². The van der Waals surface area contributed by atoms with Crippen molar-refractivity contribution in [3.8, 4) is 0 Å². The van der Waals surface area contributed by atoms with Crippen molar-refractivity contribution >= 4 is 23.2 Å². The highest BCUT2D eigenvalue weighted by Gasteiger charge is 2.18. The number of primary amides is 1. The van der Waals surface area contributed by atoms with Crippen molar-refractivity contribution in [2.75, 3.05) is 12.3 Å². The Morgan fingerprint density at radius 3 is 2.59 bits per heavy atom. The molecule has 8 heteroatoms. The van der Waals surface area contributed by atoms with Gasteiger partial charge in [0, 0.05) is 6.07 Å². The molecule has 5 N–H and O–H groups in total. The fourth-order valence-electron chi connectivity index (χ4n) is 1.17. The van der Waals surface area contributed by atoms with E-state index in [0.29, 0.717) is 0 Å². The molecule has 17 heavy (non-hydrogen) atoms. The standard InChI is InChI=1S/C9H10N4O4/c10-7(14)4-12-9(15)5-2-1-3-6(8(5)11)13(16)17/h1-3H,4,11H2,(H2,10,14)(H,12,15). The van der Waals surface area contributed by atoms with E-state index in [9.17, 15) is 19.7 Å². The lowest BCUT2D eigenvalue weighted by Gasteiger charge is -2.05. The van der Waals surface area contributed by atoms with E-state index >= 15 is 0 Å². The summed E-state index contributed by atoms with van der Waals surface area (Å²) in [6.07, 6.45) is 0. The van der Waals surface area contributed by atoms with Gasteiger partial charge < -0.3 is 16.8 Å². The summed E-state index contributed by atoms with van der Waals surface area (Å²) >= 11 is 0. The van der Waals surface area contributed by atoms with Crippen molar-refractivity contribution in [1.82, 2.24) is 5.32 Å². The van der Waals surface area contributed by atoms with E-state index < -0.39 is 16.7 Å². The second-order valence-corrected chi connectivity index (χ2v) is 3.14. The molecular weight excluding hydrogens is 228 g/mol. The number of rotatable bonds is 4. The number of nitrogens with one attached hydrogen (secondary N) is 1. The Kier molecular flexibility index (Phi) is 3.60. The first kappa shape index (κ1) is 12.4. The number of para-hydroxylation sites is 1. The highest BCUT2D eigenvalue weighted by atomic mass is 16.6. The molecule has 0 aliphatic carbocycles. The molecule has 1 rings (SSSR count). The third-order valence-corrected chi connectivity index (χ3v) is 1.95. The zero-order valence-corrected chi connectivity index (χ0v) is 8.67. The van der Waals surface area contributed by atoms with Crippen LogP contribution in [0.25, 0.3) is 0 Å². The highest BCUT2D eigenvalue weighted by Crippen LogP contribution is 2.24. The smallest absolute Gasteiger partial charge is 0.292 e. The van der Waals surface area contributed by atoms with Gasteiger partial charge in [-0.3, -0.25) is 19.7 Å². The van der Waals surface area contributed by atoms with Gasteiger partial charge in [-0.1, -0.05) is 6.07 Å². The van der Waals surface area contributed by atoms with Crippen LogP contribution in [0, 0.1) is 10.1 Å². The van der Waals surface area contributed by atoms with Crippen molar-refractivity contribution in [2.24, 2.45) is 5.73 Å². The molecule has 0 saturated carbocycles. The molecule has 90 valence electrons. The van der Waals surface area contributed by atoms with E-state index in [1.54, 1.807) is 0 Å². The third kappa shape index (κ3) is 2.91. The lowest BCUT2D eigenvalue weighted by molar-refractivity contribution is -0.383. The Bertz CT molecular complexity index is 486. The fraction of sp³-hybridized carbons (Fsp3) is 0.111. The van der Waals surface area contributed by atoms with Crippen molar-refractivity contribution in [3.05, 3.63) is 33.9 Å². The van der Waals surface area contributed by atoms with Crippen LogP contribution in [0.1, 0.15) is 10.4 Å². The first-order valence-corrected chi connectivity index (χ1v) is 4.53. The molecule has 0 bridgehead atoms. The number of benzene rings is 1. The van der Waals surface area contributed by atoms with Gasteiger partial charge in [-0.05, 0) is 6.07 Å². The summed E-state index contributed by atoms with van der Waals surface area (Å²) in [5.74, 6) is -1.41. The Morgan fingerprint density at radius 1 is 1.41 bits per heavy atom. The molecule has 0 radical (unpaired) electrons. The van der Waals surface area contributed by atoms with Gasteiger partial charge in [0.15, 0.2) is 0 Å². The van der Waals surface area contributed by atoms with Crippen molar-refractivity contribution < 1.29 is 14.5 Å². The number of carbonyl (C=O) groups excluding carboxylic acids is 2. The lowest BCUT2D eigenvalue weighted by atomic mass is 10.1. The molecule has 8 nitrogen and oxygen atoms in total. The molecule has 0 saturated heterocycles. The number of nitro groups is 1. The first-order chi connectivity index (χ1) is 7.93. The summed E-state index contributed by atoms with van der Waals surface area (Å²) in [5.41, 5.74) is 9.63. The second kappa shape index (κ2) is 4.92. The van der Waals surface area contributed by atoms with Crippen LogP contribution in [0.15, 0.2) is 18.2 Å². The average Bonchev–Trinajstić information content (AvgIpc) is 2.25. The number of nitrogens with zero attached hydrogens (tertiary/aromatic N) is 1. The van der Waals surface area contributed by atoms with Crippen LogP contribution >= 0.6 is 0 Å². The minimum absolute atomic E-state index is 0.0690. The largest absolute Gasteiger partial charge is 0.393 e. The van der Waals surface area contributed by atoms with E-state index in [4.69, 9.17) is 11.5 Å². The normalized spacial score (nSPS) is 9.65. The van der Waals surface area contributed by atoms with E-state index in [1.165, 1.54) is 18.2 Å². The van der Waals surface area contributed by atoms with Gasteiger partial charge in [-0.15, -0.1) is 0 Å². The van der Waals surface area contributed by atoms with Crippen LogP contribution in [-0.4, -0.2) is 23.3 Å². The molecular formula is C9H10N4O4. The average molecular weight is 238 g/mol. The maximum Gasteiger partial charge on any atom is 0.292 e. The van der Waals surface area contributed by atoms with Gasteiger partial charge >= 0.3 is 0 Å². The molecule has 2 amide bonds. The minimum atomic E-state index is -0.720. The highest BCUT2D eigenvalue weighted by molar-refractivity contribution is 6.02. The predicted octanol–water partition coefficient (Wildman–Crippen LogP) is -0.608. The SMILES string of the molecule is NC(=O)CNC(=O)c1cccc([N+](=O)[O-])c1N. The summed E-state index contributed by atoms with van der Waals surface area (Å²) in [4.78, 5) is 31.9. The Balaban J connectivity index is 2.98. The van der Waals surface area contributed by atoms with Crippen LogP contribution in [-0.2, 0) is 4.79 Å². The Hall–Kier alpha value is -2.64. The minimum Gasteiger partial charge on any atom is -0.393 e. The second-order valence-electron chi connectivity index (χ2n) is 3.14. The molecule has 0 aliphatic rings. The molecule has 0 fully saturated rings. The van der Waals surface area contributed by atoms with E-state index in [1.807, 2.05) is 0 Å². The number of hydrogen-bond donors (Lipinski definition) is 3. The number of anilines is 1. The molecule has 0 atom stereocenters. The molecule has 0 aliphatic heterocycles. The number of carbonyl (C=O) groups is 2. The van der Waals surface area contributed by atoms with E-state index in [0.717, 1.165) is 0 Å². The zero-order chi connectivity index (χ0) is 13.0. The Labute approximate surface area is 95.7 Å². The number of hydrogen-bond acceptors (Lipinski definition) is 5. The third-order valence-electron chi connectivity index (χ3n) is 1.95. The zero-order valence-electron chi connectivity index (χ0n) is 8.67. The van der Waals surface area contributed by atoms with Gasteiger partial charge in [-0.25, -0.2) is 0 Å². The van der Waals surface area contributed by atoms with Gasteiger partial charge in [0.25, 0.3) is 11.6 Å². The van der Waals surface area contributed by atoms with Crippen molar-refractivity contribution in [3.63, 3.8) is 0 Å². The van der Waals surface area contributed by atoms with E-state index in [2.05, 4.69) is 5.32 Å². The molecule has 1 aromatic rings. The predicted molar refractivity (Wildman–Crippen MR) is 59.0 cm³/mol. The van der Waals surface area contributed by atoms with Gasteiger partial charge in [-0.2, -0.15) is 0 Å². The maximum atomic E-state index is 11.5. The fourth-order valence-corrected chi connectivity index (χ4v) is 1.17. The van der Waals surface area contributed by atoms with Crippen LogP contribution in [0.3, 0.4) is 0 Å². The van der Waals surface area contributed by atoms with Gasteiger partial charge in [0.1, 0.15) is 5.69 Å². The molecule has 0 spiro atoms. The van der Waals surface area contributed by atoms with E-state index in [-0.39, 0.29) is 23.5 Å². The monoisotopic (exact) mass is 238 g/mol. The van der Waals surface area contributed by atoms with Crippen molar-refractivity contribution in [1.29, 1.82) is 0 Å². The van der Waals surface area contributed by atoms with Gasteiger partial charge in [0.2, 0.25) is 5.91 Å². The number of nitrogen functional groups attached to an aromatic ring is 1. The Morgan fingerprint density at radius 2 is 2.06 bits per heavy atom. The number of nitro benzene ring substituents is 1.